The number of rotatable bonds is 3. The highest BCUT2D eigenvalue weighted by atomic mass is 127. The van der Waals surface area contributed by atoms with Gasteiger partial charge in [-0.15, -0.1) is 0 Å². The summed E-state index contributed by atoms with van der Waals surface area (Å²) in [4.78, 5) is 0. The Morgan fingerprint density at radius 2 is 2.29 bits per heavy atom. The largest absolute Gasteiger partial charge is 0.370 e. The average molecular weight is 300 g/mol. The van der Waals surface area contributed by atoms with Gasteiger partial charge in [0.25, 0.3) is 0 Å². The Morgan fingerprint density at radius 1 is 1.57 bits per heavy atom. The second kappa shape index (κ2) is 5.20. The van der Waals surface area contributed by atoms with Crippen LogP contribution >= 0.6 is 22.6 Å². The molecular formula is C11H13IN2. The van der Waals surface area contributed by atoms with E-state index in [1.54, 1.807) is 0 Å². The second-order valence-electron chi connectivity index (χ2n) is 3.19. The fraction of sp³-hybridized carbons (Fsp3) is 0.364. The summed E-state index contributed by atoms with van der Waals surface area (Å²) < 4.78 is 1.18. The van der Waals surface area contributed by atoms with Crippen molar-refractivity contribution in [2.75, 3.05) is 5.32 Å². The third-order valence-electron chi connectivity index (χ3n) is 2.09. The SMILES string of the molecule is CCC(C#N)Nc1cc(I)ccc1C. The number of anilines is 1. The number of halogens is 1. The van der Waals surface area contributed by atoms with Gasteiger partial charge in [0, 0.05) is 9.26 Å². The molecule has 0 saturated carbocycles. The minimum absolute atomic E-state index is 0.0908. The third kappa shape index (κ3) is 2.88. The molecule has 0 aliphatic carbocycles. The van der Waals surface area contributed by atoms with Gasteiger partial charge < -0.3 is 5.32 Å². The predicted octanol–water partition coefficient (Wildman–Crippen LogP) is 3.31. The molecule has 74 valence electrons. The van der Waals surface area contributed by atoms with Gasteiger partial charge in [-0.05, 0) is 53.6 Å². The van der Waals surface area contributed by atoms with Crippen molar-refractivity contribution in [3.05, 3.63) is 27.3 Å². The first-order chi connectivity index (χ1) is 6.67. The lowest BCUT2D eigenvalue weighted by Crippen LogP contribution is -2.16. The quantitative estimate of drug-likeness (QED) is 0.869. The highest BCUT2D eigenvalue weighted by Crippen LogP contribution is 2.19. The van der Waals surface area contributed by atoms with Crippen molar-refractivity contribution in [2.24, 2.45) is 0 Å². The molecule has 0 bridgehead atoms. The molecule has 1 N–H and O–H groups in total. The molecule has 0 aromatic heterocycles. The molecule has 0 radical (unpaired) electrons. The van der Waals surface area contributed by atoms with Crippen molar-refractivity contribution in [3.8, 4) is 6.07 Å². The van der Waals surface area contributed by atoms with Gasteiger partial charge in [-0.1, -0.05) is 13.0 Å². The Bertz CT molecular complexity index is 355. The summed E-state index contributed by atoms with van der Waals surface area (Å²) in [6, 6.07) is 8.34. The van der Waals surface area contributed by atoms with Gasteiger partial charge in [-0.2, -0.15) is 5.26 Å². The number of nitriles is 1. The van der Waals surface area contributed by atoms with Gasteiger partial charge in [0.2, 0.25) is 0 Å². The lowest BCUT2D eigenvalue weighted by Gasteiger charge is -2.13. The smallest absolute Gasteiger partial charge is 0.114 e. The van der Waals surface area contributed by atoms with Gasteiger partial charge in [-0.25, -0.2) is 0 Å². The Labute approximate surface area is 98.5 Å². The Balaban J connectivity index is 2.86. The van der Waals surface area contributed by atoms with Crippen LogP contribution in [0.3, 0.4) is 0 Å². The van der Waals surface area contributed by atoms with E-state index in [9.17, 15) is 0 Å². The molecule has 1 aromatic carbocycles. The molecule has 0 heterocycles. The molecule has 1 atom stereocenters. The molecule has 1 unspecified atom stereocenters. The molecule has 1 aromatic rings. The molecule has 0 spiro atoms. The maximum atomic E-state index is 8.83. The number of benzene rings is 1. The van der Waals surface area contributed by atoms with Gasteiger partial charge in [0.05, 0.1) is 6.07 Å². The van der Waals surface area contributed by atoms with E-state index in [0.29, 0.717) is 0 Å². The predicted molar refractivity (Wildman–Crippen MR) is 67.2 cm³/mol. The van der Waals surface area contributed by atoms with E-state index in [2.05, 4.69) is 52.2 Å². The van der Waals surface area contributed by atoms with E-state index in [0.717, 1.165) is 12.1 Å². The van der Waals surface area contributed by atoms with E-state index in [4.69, 9.17) is 5.26 Å². The van der Waals surface area contributed by atoms with Crippen LogP contribution in [0.2, 0.25) is 0 Å². The van der Waals surface area contributed by atoms with Crippen molar-refractivity contribution in [1.82, 2.24) is 0 Å². The normalized spacial score (nSPS) is 11.9. The van der Waals surface area contributed by atoms with Crippen LogP contribution in [0.5, 0.6) is 0 Å². The van der Waals surface area contributed by atoms with Crippen molar-refractivity contribution in [1.29, 1.82) is 5.26 Å². The molecule has 0 fully saturated rings. The van der Waals surface area contributed by atoms with Crippen LogP contribution in [-0.4, -0.2) is 6.04 Å². The lowest BCUT2D eigenvalue weighted by molar-refractivity contribution is 0.844. The first kappa shape index (κ1) is 11.3. The molecule has 0 saturated heterocycles. The summed E-state index contributed by atoms with van der Waals surface area (Å²) in [5.74, 6) is 0. The maximum Gasteiger partial charge on any atom is 0.114 e. The van der Waals surface area contributed by atoms with Crippen molar-refractivity contribution in [2.45, 2.75) is 26.3 Å². The number of hydrogen-bond acceptors (Lipinski definition) is 2. The average Bonchev–Trinajstić information content (AvgIpc) is 2.19. The zero-order valence-electron chi connectivity index (χ0n) is 8.34. The number of hydrogen-bond donors (Lipinski definition) is 1. The summed E-state index contributed by atoms with van der Waals surface area (Å²) in [6.07, 6.45) is 0.821. The maximum absolute atomic E-state index is 8.83. The Hall–Kier alpha value is -0.760. The van der Waals surface area contributed by atoms with Crippen molar-refractivity contribution >= 4 is 28.3 Å². The van der Waals surface area contributed by atoms with Gasteiger partial charge >= 0.3 is 0 Å². The monoisotopic (exact) mass is 300 g/mol. The number of nitrogens with one attached hydrogen (secondary N) is 1. The molecule has 0 aliphatic rings. The lowest BCUT2D eigenvalue weighted by atomic mass is 10.1. The van der Waals surface area contributed by atoms with E-state index >= 15 is 0 Å². The summed E-state index contributed by atoms with van der Waals surface area (Å²) in [6.45, 7) is 4.05. The van der Waals surface area contributed by atoms with Gasteiger partial charge in [0.15, 0.2) is 0 Å². The second-order valence-corrected chi connectivity index (χ2v) is 4.44. The van der Waals surface area contributed by atoms with Gasteiger partial charge in [0.1, 0.15) is 6.04 Å². The Kier molecular flexibility index (Phi) is 4.21. The summed E-state index contributed by atoms with van der Waals surface area (Å²) >= 11 is 2.27. The molecular weight excluding hydrogens is 287 g/mol. The fourth-order valence-electron chi connectivity index (χ4n) is 1.16. The highest BCUT2D eigenvalue weighted by molar-refractivity contribution is 14.1. The van der Waals surface area contributed by atoms with Crippen LogP contribution < -0.4 is 5.32 Å². The molecule has 1 rings (SSSR count). The van der Waals surface area contributed by atoms with Crippen molar-refractivity contribution in [3.63, 3.8) is 0 Å². The van der Waals surface area contributed by atoms with Crippen LogP contribution in [0.25, 0.3) is 0 Å². The summed E-state index contributed by atoms with van der Waals surface area (Å²) in [5.41, 5.74) is 2.24. The van der Waals surface area contributed by atoms with E-state index in [1.807, 2.05) is 13.8 Å². The minimum atomic E-state index is -0.0908. The molecule has 14 heavy (non-hydrogen) atoms. The summed E-state index contributed by atoms with van der Waals surface area (Å²) in [7, 11) is 0. The van der Waals surface area contributed by atoms with Crippen LogP contribution in [0.1, 0.15) is 18.9 Å². The standard InChI is InChI=1S/C11H13IN2/c1-3-10(7-13)14-11-6-9(12)5-4-8(11)2/h4-6,10,14H,3H2,1-2H3. The number of aryl methyl sites for hydroxylation is 1. The van der Waals surface area contributed by atoms with Crippen LogP contribution in [-0.2, 0) is 0 Å². The third-order valence-corrected chi connectivity index (χ3v) is 2.76. The Morgan fingerprint density at radius 3 is 2.86 bits per heavy atom. The van der Waals surface area contributed by atoms with Crippen LogP contribution in [0, 0.1) is 21.8 Å². The fourth-order valence-corrected chi connectivity index (χ4v) is 1.65. The minimum Gasteiger partial charge on any atom is -0.370 e. The molecule has 3 heteroatoms. The topological polar surface area (TPSA) is 35.8 Å². The van der Waals surface area contributed by atoms with Crippen LogP contribution in [0.4, 0.5) is 5.69 Å². The van der Waals surface area contributed by atoms with Crippen LogP contribution in [0.15, 0.2) is 18.2 Å². The zero-order valence-corrected chi connectivity index (χ0v) is 10.5. The highest BCUT2D eigenvalue weighted by Gasteiger charge is 2.05. The van der Waals surface area contributed by atoms with Gasteiger partial charge in [-0.3, -0.25) is 0 Å². The first-order valence-electron chi connectivity index (χ1n) is 4.59. The molecule has 2 nitrogen and oxygen atoms in total. The summed E-state index contributed by atoms with van der Waals surface area (Å²) in [5, 5.41) is 12.1. The van der Waals surface area contributed by atoms with E-state index in [1.165, 1.54) is 9.13 Å². The first-order valence-corrected chi connectivity index (χ1v) is 5.67. The van der Waals surface area contributed by atoms with E-state index in [-0.39, 0.29) is 6.04 Å². The van der Waals surface area contributed by atoms with E-state index < -0.39 is 0 Å². The van der Waals surface area contributed by atoms with Crippen molar-refractivity contribution < 1.29 is 0 Å². The number of nitrogens with zero attached hydrogens (tertiary/aromatic N) is 1. The molecule has 0 aliphatic heterocycles. The zero-order chi connectivity index (χ0) is 10.6. The molecule has 0 amide bonds.